The smallest absolute Gasteiger partial charge is 0.416 e. The standard InChI is InChI=1S/C19H17F3N2O3/c1-11-9-16(25)27-18(17(26)12-5-3-2-4-6-12)24(11)15-8-7-13(10-14(15)23)19(20,21)22/h2-8,10-11,18H,9,23H2,1H3/t11-,18+/m1/s1. The summed E-state index contributed by atoms with van der Waals surface area (Å²) in [5.74, 6) is -1.03. The van der Waals surface area contributed by atoms with E-state index in [4.69, 9.17) is 10.5 Å². The fourth-order valence-corrected chi connectivity index (χ4v) is 3.05. The number of rotatable bonds is 3. The van der Waals surface area contributed by atoms with Crippen LogP contribution in [0.3, 0.4) is 0 Å². The summed E-state index contributed by atoms with van der Waals surface area (Å²) in [6, 6.07) is 10.6. The number of hydrogen-bond acceptors (Lipinski definition) is 5. The van der Waals surface area contributed by atoms with E-state index in [1.54, 1.807) is 37.3 Å². The summed E-state index contributed by atoms with van der Waals surface area (Å²) in [6.07, 6.45) is -5.85. The number of nitrogen functional groups attached to an aromatic ring is 1. The average molecular weight is 378 g/mol. The monoisotopic (exact) mass is 378 g/mol. The highest BCUT2D eigenvalue weighted by Crippen LogP contribution is 2.37. The molecule has 1 fully saturated rings. The van der Waals surface area contributed by atoms with Crippen LogP contribution in [0.2, 0.25) is 0 Å². The van der Waals surface area contributed by atoms with E-state index in [1.807, 2.05) is 0 Å². The Balaban J connectivity index is 2.02. The van der Waals surface area contributed by atoms with Gasteiger partial charge in [0.15, 0.2) is 0 Å². The van der Waals surface area contributed by atoms with Crippen LogP contribution in [0.1, 0.15) is 29.3 Å². The van der Waals surface area contributed by atoms with Crippen LogP contribution in [-0.4, -0.2) is 24.0 Å². The lowest BCUT2D eigenvalue weighted by atomic mass is 10.0. The molecule has 0 aromatic heterocycles. The predicted molar refractivity (Wildman–Crippen MR) is 93.1 cm³/mol. The van der Waals surface area contributed by atoms with Gasteiger partial charge in [0.2, 0.25) is 12.0 Å². The molecule has 2 N–H and O–H groups in total. The zero-order valence-electron chi connectivity index (χ0n) is 14.4. The van der Waals surface area contributed by atoms with Crippen molar-refractivity contribution in [1.82, 2.24) is 0 Å². The van der Waals surface area contributed by atoms with E-state index in [9.17, 15) is 22.8 Å². The SMILES string of the molecule is C[C@@H]1CC(=O)O[C@@H](C(=O)c2ccccc2)N1c1ccc(C(F)(F)F)cc1N. The normalized spacial score (nSPS) is 20.3. The van der Waals surface area contributed by atoms with Crippen LogP contribution < -0.4 is 10.6 Å². The first-order chi connectivity index (χ1) is 12.7. The summed E-state index contributed by atoms with van der Waals surface area (Å²) >= 11 is 0. The van der Waals surface area contributed by atoms with Gasteiger partial charge < -0.3 is 15.4 Å². The van der Waals surface area contributed by atoms with Gasteiger partial charge in [-0.3, -0.25) is 9.59 Å². The highest BCUT2D eigenvalue weighted by Gasteiger charge is 2.40. The zero-order valence-corrected chi connectivity index (χ0v) is 14.4. The number of anilines is 2. The van der Waals surface area contributed by atoms with E-state index in [1.165, 1.54) is 11.0 Å². The van der Waals surface area contributed by atoms with Crippen LogP contribution in [0.15, 0.2) is 48.5 Å². The number of ketones is 1. The summed E-state index contributed by atoms with van der Waals surface area (Å²) < 4.78 is 44.0. The Morgan fingerprint density at radius 1 is 1.19 bits per heavy atom. The number of benzene rings is 2. The van der Waals surface area contributed by atoms with Gasteiger partial charge in [-0.25, -0.2) is 0 Å². The summed E-state index contributed by atoms with van der Waals surface area (Å²) in [7, 11) is 0. The fraction of sp³-hybridized carbons (Fsp3) is 0.263. The number of halogens is 3. The molecule has 1 aliphatic heterocycles. The number of esters is 1. The van der Waals surface area contributed by atoms with E-state index in [2.05, 4.69) is 0 Å². The Morgan fingerprint density at radius 3 is 2.44 bits per heavy atom. The molecule has 2 atom stereocenters. The molecule has 0 radical (unpaired) electrons. The first-order valence-electron chi connectivity index (χ1n) is 8.22. The maximum atomic E-state index is 12.9. The molecular weight excluding hydrogens is 361 g/mol. The van der Waals surface area contributed by atoms with E-state index in [0.717, 1.165) is 12.1 Å². The lowest BCUT2D eigenvalue weighted by Crippen LogP contribution is -2.54. The Hall–Kier alpha value is -3.03. The molecule has 1 heterocycles. The summed E-state index contributed by atoms with van der Waals surface area (Å²) in [5.41, 5.74) is 5.33. The average Bonchev–Trinajstić information content (AvgIpc) is 2.61. The van der Waals surface area contributed by atoms with Gasteiger partial charge >= 0.3 is 12.1 Å². The molecule has 0 saturated carbocycles. The molecule has 2 aromatic rings. The molecule has 142 valence electrons. The first kappa shape index (κ1) is 18.8. The second kappa shape index (κ2) is 6.94. The van der Waals surface area contributed by atoms with Crippen LogP contribution in [0, 0.1) is 0 Å². The Bertz CT molecular complexity index is 868. The Kier molecular flexibility index (Phi) is 4.82. The van der Waals surface area contributed by atoms with Crippen molar-refractivity contribution in [3.05, 3.63) is 59.7 Å². The van der Waals surface area contributed by atoms with Gasteiger partial charge in [0.25, 0.3) is 0 Å². The number of Topliss-reactive ketones (excluding diaryl/α,β-unsaturated/α-hetero) is 1. The van der Waals surface area contributed by atoms with Crippen molar-refractivity contribution in [2.24, 2.45) is 0 Å². The molecule has 8 heteroatoms. The van der Waals surface area contributed by atoms with Gasteiger partial charge in [0.05, 0.1) is 23.4 Å². The van der Waals surface area contributed by atoms with Crippen molar-refractivity contribution in [2.75, 3.05) is 10.6 Å². The summed E-state index contributed by atoms with van der Waals surface area (Å²) in [6.45, 7) is 1.68. The molecule has 0 bridgehead atoms. The largest absolute Gasteiger partial charge is 0.433 e. The topological polar surface area (TPSA) is 72.6 Å². The molecule has 0 spiro atoms. The Morgan fingerprint density at radius 2 is 1.85 bits per heavy atom. The van der Waals surface area contributed by atoms with Crippen LogP contribution in [0.5, 0.6) is 0 Å². The number of ether oxygens (including phenoxy) is 1. The lowest BCUT2D eigenvalue weighted by molar-refractivity contribution is -0.151. The van der Waals surface area contributed by atoms with Gasteiger partial charge in [0, 0.05) is 11.6 Å². The molecule has 1 saturated heterocycles. The predicted octanol–water partition coefficient (Wildman–Crippen LogP) is 3.64. The van der Waals surface area contributed by atoms with Crippen molar-refractivity contribution in [2.45, 2.75) is 31.8 Å². The van der Waals surface area contributed by atoms with Crippen molar-refractivity contribution < 1.29 is 27.5 Å². The molecule has 0 aliphatic carbocycles. The second-order valence-corrected chi connectivity index (χ2v) is 6.30. The highest BCUT2D eigenvalue weighted by molar-refractivity contribution is 6.03. The third-order valence-electron chi connectivity index (χ3n) is 4.35. The number of nitrogens with two attached hydrogens (primary N) is 1. The van der Waals surface area contributed by atoms with Gasteiger partial charge in [-0.1, -0.05) is 30.3 Å². The first-order valence-corrected chi connectivity index (χ1v) is 8.22. The minimum absolute atomic E-state index is 0.0148. The highest BCUT2D eigenvalue weighted by atomic mass is 19.4. The molecule has 0 amide bonds. The van der Waals surface area contributed by atoms with Gasteiger partial charge in [-0.2, -0.15) is 13.2 Å². The maximum Gasteiger partial charge on any atom is 0.416 e. The minimum Gasteiger partial charge on any atom is -0.433 e. The third kappa shape index (κ3) is 3.74. The molecule has 2 aromatic carbocycles. The number of carbonyl (C=O) groups excluding carboxylic acids is 2. The zero-order chi connectivity index (χ0) is 19.8. The molecule has 0 unspecified atom stereocenters. The lowest BCUT2D eigenvalue weighted by Gasteiger charge is -2.40. The molecule has 27 heavy (non-hydrogen) atoms. The van der Waals surface area contributed by atoms with Gasteiger partial charge in [-0.05, 0) is 25.1 Å². The number of carbonyl (C=O) groups is 2. The minimum atomic E-state index is -4.54. The number of cyclic esters (lactones) is 1. The van der Waals surface area contributed by atoms with Crippen molar-refractivity contribution in [1.29, 1.82) is 0 Å². The van der Waals surface area contributed by atoms with E-state index in [0.29, 0.717) is 5.56 Å². The summed E-state index contributed by atoms with van der Waals surface area (Å²) in [5, 5.41) is 0. The number of hydrogen-bond donors (Lipinski definition) is 1. The van der Waals surface area contributed by atoms with E-state index < -0.39 is 35.8 Å². The van der Waals surface area contributed by atoms with Crippen LogP contribution in [-0.2, 0) is 15.7 Å². The number of alkyl halides is 3. The molecule has 1 aliphatic rings. The van der Waals surface area contributed by atoms with Crippen molar-refractivity contribution >= 4 is 23.1 Å². The van der Waals surface area contributed by atoms with E-state index in [-0.39, 0.29) is 17.8 Å². The van der Waals surface area contributed by atoms with Gasteiger partial charge in [0.1, 0.15) is 0 Å². The fourth-order valence-electron chi connectivity index (χ4n) is 3.05. The maximum absolute atomic E-state index is 12.9. The second-order valence-electron chi connectivity index (χ2n) is 6.30. The molecule has 3 rings (SSSR count). The van der Waals surface area contributed by atoms with Crippen LogP contribution in [0.25, 0.3) is 0 Å². The van der Waals surface area contributed by atoms with Crippen molar-refractivity contribution in [3.8, 4) is 0 Å². The third-order valence-corrected chi connectivity index (χ3v) is 4.35. The molecule has 5 nitrogen and oxygen atoms in total. The van der Waals surface area contributed by atoms with Gasteiger partial charge in [-0.15, -0.1) is 0 Å². The van der Waals surface area contributed by atoms with Crippen LogP contribution >= 0.6 is 0 Å². The van der Waals surface area contributed by atoms with Crippen LogP contribution in [0.4, 0.5) is 24.5 Å². The summed E-state index contributed by atoms with van der Waals surface area (Å²) in [4.78, 5) is 26.2. The Labute approximate surface area is 153 Å². The van der Waals surface area contributed by atoms with Crippen molar-refractivity contribution in [3.63, 3.8) is 0 Å². The van der Waals surface area contributed by atoms with E-state index >= 15 is 0 Å². The molecular formula is C19H17F3N2O3. The number of nitrogens with zero attached hydrogens (tertiary/aromatic N) is 1. The quantitative estimate of drug-likeness (QED) is 0.502.